The van der Waals surface area contributed by atoms with Crippen molar-refractivity contribution in [3.63, 3.8) is 0 Å². The predicted molar refractivity (Wildman–Crippen MR) is 137 cm³/mol. The molecule has 3 fully saturated rings. The van der Waals surface area contributed by atoms with Crippen LogP contribution in [-0.2, 0) is 30.9 Å². The van der Waals surface area contributed by atoms with E-state index in [0.717, 1.165) is 51.6 Å². The van der Waals surface area contributed by atoms with Crippen LogP contribution in [0.1, 0.15) is 49.7 Å². The average Bonchev–Trinajstić information content (AvgIpc) is 3.18. The van der Waals surface area contributed by atoms with Crippen molar-refractivity contribution in [1.82, 2.24) is 14.7 Å². The first kappa shape index (κ1) is 26.3. The Balaban J connectivity index is 1.22. The summed E-state index contributed by atoms with van der Waals surface area (Å²) in [4.78, 5) is 32.1. The van der Waals surface area contributed by atoms with Crippen LogP contribution in [0.2, 0.25) is 0 Å². The quantitative estimate of drug-likeness (QED) is 0.515. The molecule has 4 aliphatic heterocycles. The Bertz CT molecular complexity index is 936. The third-order valence-electron chi connectivity index (χ3n) is 8.92. The molecule has 9 nitrogen and oxygen atoms in total. The van der Waals surface area contributed by atoms with Crippen LogP contribution in [0.15, 0.2) is 24.3 Å². The number of likely N-dealkylation sites (tertiary alicyclic amines) is 1. The first-order valence-electron chi connectivity index (χ1n) is 13.7. The van der Waals surface area contributed by atoms with Crippen molar-refractivity contribution in [2.24, 2.45) is 0 Å². The maximum Gasteiger partial charge on any atom is 0.410 e. The number of carbonyl (C=O) groups excluding carboxylic acids is 2. The first-order valence-corrected chi connectivity index (χ1v) is 13.7. The normalized spacial score (nSPS) is 26.7. The number of hydrogen-bond donors (Lipinski definition) is 0. The molecule has 0 radical (unpaired) electrons. The minimum atomic E-state index is -0.255. The van der Waals surface area contributed by atoms with E-state index < -0.39 is 0 Å². The van der Waals surface area contributed by atoms with E-state index in [9.17, 15) is 9.59 Å². The molecule has 2 amide bonds. The van der Waals surface area contributed by atoms with Gasteiger partial charge in [-0.2, -0.15) is 0 Å². The first-order chi connectivity index (χ1) is 18.0. The summed E-state index contributed by atoms with van der Waals surface area (Å²) in [6.07, 6.45) is 5.74. The minimum absolute atomic E-state index is 0.0452. The van der Waals surface area contributed by atoms with Crippen molar-refractivity contribution >= 4 is 12.2 Å². The molecule has 2 unspecified atom stereocenters. The number of benzene rings is 1. The minimum Gasteiger partial charge on any atom is -0.447 e. The van der Waals surface area contributed by atoms with E-state index in [2.05, 4.69) is 29.2 Å². The van der Waals surface area contributed by atoms with Gasteiger partial charge >= 0.3 is 12.2 Å². The average molecular weight is 516 g/mol. The molecule has 0 N–H and O–H groups in total. The van der Waals surface area contributed by atoms with E-state index in [1.807, 2.05) is 9.80 Å². The summed E-state index contributed by atoms with van der Waals surface area (Å²) in [5, 5.41) is 0. The van der Waals surface area contributed by atoms with Crippen molar-refractivity contribution < 1.29 is 28.5 Å². The third-order valence-corrected chi connectivity index (χ3v) is 8.92. The zero-order valence-electron chi connectivity index (χ0n) is 22.2. The van der Waals surface area contributed by atoms with Gasteiger partial charge in [-0.15, -0.1) is 0 Å². The molecule has 0 aromatic heterocycles. The van der Waals surface area contributed by atoms with Gasteiger partial charge in [0.05, 0.1) is 13.2 Å². The fourth-order valence-electron chi connectivity index (χ4n) is 7.10. The molecule has 3 saturated heterocycles. The Hall–Kier alpha value is -2.36. The summed E-state index contributed by atoms with van der Waals surface area (Å²) in [6.45, 7) is 4.71. The van der Waals surface area contributed by atoms with Crippen LogP contribution >= 0.6 is 0 Å². The van der Waals surface area contributed by atoms with Crippen molar-refractivity contribution in [1.29, 1.82) is 0 Å². The molecule has 1 spiro atoms. The Morgan fingerprint density at radius 3 is 2.14 bits per heavy atom. The summed E-state index contributed by atoms with van der Waals surface area (Å²) in [5.41, 5.74) is 2.57. The van der Waals surface area contributed by atoms with Crippen LogP contribution in [0, 0.1) is 0 Å². The molecule has 4 heterocycles. The number of amides is 2. The summed E-state index contributed by atoms with van der Waals surface area (Å²) in [5.74, 6) is 0. The van der Waals surface area contributed by atoms with E-state index in [4.69, 9.17) is 18.9 Å². The number of piperidine rings is 2. The molecule has 37 heavy (non-hydrogen) atoms. The molecule has 2 bridgehead atoms. The SMILES string of the molecule is COCCOC(=O)N1Cc2ccccc2C2(CCN(C3CC4CCC(C3)N4C(=O)OCCOC)CC2)C1. The Kier molecular flexibility index (Phi) is 8.21. The second kappa shape index (κ2) is 11.6. The lowest BCUT2D eigenvalue weighted by molar-refractivity contribution is 0.0115. The molecule has 204 valence electrons. The van der Waals surface area contributed by atoms with E-state index in [-0.39, 0.29) is 36.3 Å². The van der Waals surface area contributed by atoms with Gasteiger partial charge in [0.25, 0.3) is 0 Å². The van der Waals surface area contributed by atoms with E-state index in [1.165, 1.54) is 11.1 Å². The molecule has 4 aliphatic rings. The van der Waals surface area contributed by atoms with Gasteiger partial charge in [0.15, 0.2) is 0 Å². The summed E-state index contributed by atoms with van der Waals surface area (Å²) in [7, 11) is 3.22. The number of ether oxygens (including phenoxy) is 4. The molecular weight excluding hydrogens is 474 g/mol. The van der Waals surface area contributed by atoms with Gasteiger partial charge in [-0.1, -0.05) is 24.3 Å². The highest BCUT2D eigenvalue weighted by Crippen LogP contribution is 2.44. The van der Waals surface area contributed by atoms with Crippen molar-refractivity contribution in [3.05, 3.63) is 35.4 Å². The lowest BCUT2D eigenvalue weighted by Crippen LogP contribution is -2.57. The second-order valence-electron chi connectivity index (χ2n) is 11.0. The summed E-state index contributed by atoms with van der Waals surface area (Å²) in [6, 6.07) is 9.62. The number of hydrogen-bond acceptors (Lipinski definition) is 7. The van der Waals surface area contributed by atoms with E-state index in [0.29, 0.717) is 39.0 Å². The summed E-state index contributed by atoms with van der Waals surface area (Å²) < 4.78 is 21.0. The maximum absolute atomic E-state index is 12.9. The number of nitrogens with zero attached hydrogens (tertiary/aromatic N) is 3. The van der Waals surface area contributed by atoms with Gasteiger partial charge in [0.2, 0.25) is 0 Å². The second-order valence-corrected chi connectivity index (χ2v) is 11.0. The fraction of sp³-hybridized carbons (Fsp3) is 0.714. The van der Waals surface area contributed by atoms with Crippen LogP contribution in [0.5, 0.6) is 0 Å². The van der Waals surface area contributed by atoms with Crippen LogP contribution in [0.3, 0.4) is 0 Å². The highest BCUT2D eigenvalue weighted by atomic mass is 16.6. The van der Waals surface area contributed by atoms with Crippen LogP contribution in [-0.4, -0.2) is 105 Å². The zero-order valence-corrected chi connectivity index (χ0v) is 22.2. The summed E-state index contributed by atoms with van der Waals surface area (Å²) >= 11 is 0. The molecule has 5 rings (SSSR count). The fourth-order valence-corrected chi connectivity index (χ4v) is 7.10. The van der Waals surface area contributed by atoms with E-state index in [1.54, 1.807) is 14.2 Å². The van der Waals surface area contributed by atoms with Gasteiger partial charge in [-0.25, -0.2) is 9.59 Å². The van der Waals surface area contributed by atoms with Gasteiger partial charge in [-0.05, 0) is 62.7 Å². The molecule has 0 saturated carbocycles. The molecule has 1 aromatic rings. The number of methoxy groups -OCH3 is 2. The lowest BCUT2D eigenvalue weighted by Gasteiger charge is -2.51. The van der Waals surface area contributed by atoms with Gasteiger partial charge in [-0.3, -0.25) is 0 Å². The molecule has 0 aliphatic carbocycles. The molecule has 9 heteroatoms. The maximum atomic E-state index is 12.9. The van der Waals surface area contributed by atoms with Crippen LogP contribution in [0.4, 0.5) is 9.59 Å². The molecular formula is C28H41N3O6. The van der Waals surface area contributed by atoms with Gasteiger partial charge < -0.3 is 33.6 Å². The van der Waals surface area contributed by atoms with Crippen molar-refractivity contribution in [2.45, 2.75) is 68.6 Å². The standard InChI is InChI=1S/C28H41N3O6/c1-34-13-15-36-26(32)30-19-21-5-3-4-6-25(21)28(20-30)9-11-29(12-10-28)24-17-22-7-8-23(18-24)31(22)27(33)37-16-14-35-2/h3-6,22-24H,7-20H2,1-2H3. The van der Waals surface area contributed by atoms with Crippen molar-refractivity contribution in [3.8, 4) is 0 Å². The van der Waals surface area contributed by atoms with Crippen molar-refractivity contribution in [2.75, 3.05) is 60.3 Å². The third kappa shape index (κ3) is 5.45. The number of carbonyl (C=O) groups is 2. The van der Waals surface area contributed by atoms with Gasteiger partial charge in [0, 0.05) is 50.8 Å². The molecule has 2 atom stereocenters. The highest BCUT2D eigenvalue weighted by Gasteiger charge is 2.48. The molecule has 1 aromatic carbocycles. The lowest BCUT2D eigenvalue weighted by atomic mass is 9.68. The van der Waals surface area contributed by atoms with Crippen LogP contribution in [0.25, 0.3) is 0 Å². The largest absolute Gasteiger partial charge is 0.447 e. The monoisotopic (exact) mass is 515 g/mol. The Labute approximate surface area is 219 Å². The van der Waals surface area contributed by atoms with E-state index >= 15 is 0 Å². The van der Waals surface area contributed by atoms with Crippen LogP contribution < -0.4 is 0 Å². The number of rotatable bonds is 7. The topological polar surface area (TPSA) is 80.8 Å². The Morgan fingerprint density at radius 1 is 0.865 bits per heavy atom. The van der Waals surface area contributed by atoms with Gasteiger partial charge in [0.1, 0.15) is 13.2 Å². The zero-order chi connectivity index (χ0) is 25.8. The Morgan fingerprint density at radius 2 is 1.49 bits per heavy atom. The highest BCUT2D eigenvalue weighted by molar-refractivity contribution is 5.69. The predicted octanol–water partition coefficient (Wildman–Crippen LogP) is 3.40. The number of fused-ring (bicyclic) bond motifs is 4. The smallest absolute Gasteiger partial charge is 0.410 e.